The van der Waals surface area contributed by atoms with Gasteiger partial charge in [0.1, 0.15) is 11.6 Å². The van der Waals surface area contributed by atoms with Crippen molar-refractivity contribution in [2.45, 2.75) is 38.3 Å². The molecule has 0 radical (unpaired) electrons. The summed E-state index contributed by atoms with van der Waals surface area (Å²) in [6, 6.07) is 5.24. The van der Waals surface area contributed by atoms with Gasteiger partial charge in [-0.1, -0.05) is 6.42 Å². The summed E-state index contributed by atoms with van der Waals surface area (Å²) in [5.41, 5.74) is 6.61. The molecule has 2 rings (SSSR count). The van der Waals surface area contributed by atoms with Crippen LogP contribution in [0.4, 0.5) is 4.39 Å². The quantitative estimate of drug-likeness (QED) is 0.890. The van der Waals surface area contributed by atoms with Gasteiger partial charge in [-0.05, 0) is 50.6 Å². The fourth-order valence-electron chi connectivity index (χ4n) is 2.88. The molecular formula is C15H23FN2O. The van der Waals surface area contributed by atoms with Crippen molar-refractivity contribution in [3.8, 4) is 5.75 Å². The zero-order chi connectivity index (χ0) is 13.7. The van der Waals surface area contributed by atoms with Crippen molar-refractivity contribution in [3.63, 3.8) is 0 Å². The van der Waals surface area contributed by atoms with E-state index in [0.717, 1.165) is 30.8 Å². The Morgan fingerprint density at radius 1 is 1.42 bits per heavy atom. The summed E-state index contributed by atoms with van der Waals surface area (Å²) in [6.45, 7) is 2.51. The highest BCUT2D eigenvalue weighted by molar-refractivity contribution is 5.33. The molecule has 1 unspecified atom stereocenters. The number of ether oxygens (including phenoxy) is 1. The van der Waals surface area contributed by atoms with Gasteiger partial charge in [0.2, 0.25) is 0 Å². The zero-order valence-corrected chi connectivity index (χ0v) is 11.6. The van der Waals surface area contributed by atoms with E-state index in [0.29, 0.717) is 12.6 Å². The Kier molecular flexibility index (Phi) is 5.16. The van der Waals surface area contributed by atoms with Crippen LogP contribution in [0.3, 0.4) is 0 Å². The highest BCUT2D eigenvalue weighted by Gasteiger charge is 2.22. The Morgan fingerprint density at radius 3 is 3.00 bits per heavy atom. The average Bonchev–Trinajstić information content (AvgIpc) is 2.42. The first-order valence-corrected chi connectivity index (χ1v) is 7.01. The third-order valence-electron chi connectivity index (χ3n) is 3.86. The molecule has 4 heteroatoms. The van der Waals surface area contributed by atoms with E-state index in [1.54, 1.807) is 19.2 Å². The Bertz CT molecular complexity index is 409. The predicted molar refractivity (Wildman–Crippen MR) is 74.7 cm³/mol. The van der Waals surface area contributed by atoms with E-state index >= 15 is 0 Å². The third kappa shape index (κ3) is 3.67. The number of hydrogen-bond donors (Lipinski definition) is 1. The molecule has 0 aliphatic carbocycles. The van der Waals surface area contributed by atoms with E-state index in [-0.39, 0.29) is 5.82 Å². The van der Waals surface area contributed by atoms with Gasteiger partial charge in [-0.25, -0.2) is 4.39 Å². The Morgan fingerprint density at radius 2 is 2.26 bits per heavy atom. The first kappa shape index (κ1) is 14.3. The SMILES string of the molecule is COc1ccc(F)cc1CN1CCCCC1CCN. The summed E-state index contributed by atoms with van der Waals surface area (Å²) in [5, 5.41) is 0. The van der Waals surface area contributed by atoms with Crippen LogP contribution in [-0.2, 0) is 6.54 Å². The summed E-state index contributed by atoms with van der Waals surface area (Å²) in [7, 11) is 1.63. The maximum atomic E-state index is 13.4. The highest BCUT2D eigenvalue weighted by atomic mass is 19.1. The first-order chi connectivity index (χ1) is 9.24. The van der Waals surface area contributed by atoms with Crippen molar-refractivity contribution in [1.29, 1.82) is 0 Å². The fourth-order valence-corrected chi connectivity index (χ4v) is 2.88. The molecule has 3 nitrogen and oxygen atoms in total. The summed E-state index contributed by atoms with van der Waals surface area (Å²) in [6.07, 6.45) is 4.67. The van der Waals surface area contributed by atoms with Crippen LogP contribution in [0.1, 0.15) is 31.2 Å². The Hall–Kier alpha value is -1.13. The molecule has 1 heterocycles. The van der Waals surface area contributed by atoms with Gasteiger partial charge in [0.15, 0.2) is 0 Å². The van der Waals surface area contributed by atoms with Crippen molar-refractivity contribution in [2.24, 2.45) is 5.73 Å². The van der Waals surface area contributed by atoms with Gasteiger partial charge < -0.3 is 10.5 Å². The molecule has 106 valence electrons. The summed E-state index contributed by atoms with van der Waals surface area (Å²) >= 11 is 0. The fraction of sp³-hybridized carbons (Fsp3) is 0.600. The molecule has 1 aliphatic heterocycles. The minimum Gasteiger partial charge on any atom is -0.496 e. The lowest BCUT2D eigenvalue weighted by Gasteiger charge is -2.36. The molecule has 1 saturated heterocycles. The van der Waals surface area contributed by atoms with Crippen molar-refractivity contribution in [2.75, 3.05) is 20.2 Å². The minimum atomic E-state index is -0.205. The first-order valence-electron chi connectivity index (χ1n) is 7.01. The molecule has 0 saturated carbocycles. The molecule has 1 aromatic carbocycles. The van der Waals surface area contributed by atoms with Gasteiger partial charge in [-0.15, -0.1) is 0 Å². The van der Waals surface area contributed by atoms with Crippen molar-refractivity contribution >= 4 is 0 Å². The maximum absolute atomic E-state index is 13.4. The molecule has 19 heavy (non-hydrogen) atoms. The normalized spacial score (nSPS) is 20.5. The number of piperidine rings is 1. The number of rotatable bonds is 5. The summed E-state index contributed by atoms with van der Waals surface area (Å²) in [5.74, 6) is 0.557. The van der Waals surface area contributed by atoms with Crippen LogP contribution in [0, 0.1) is 5.82 Å². The van der Waals surface area contributed by atoms with Crippen LogP contribution >= 0.6 is 0 Å². The molecule has 1 fully saturated rings. The van der Waals surface area contributed by atoms with Gasteiger partial charge in [-0.3, -0.25) is 4.90 Å². The van der Waals surface area contributed by atoms with Crippen LogP contribution in [0.25, 0.3) is 0 Å². The van der Waals surface area contributed by atoms with Crippen LogP contribution in [-0.4, -0.2) is 31.1 Å². The number of nitrogens with zero attached hydrogens (tertiary/aromatic N) is 1. The molecule has 0 aromatic heterocycles. The van der Waals surface area contributed by atoms with E-state index < -0.39 is 0 Å². The van der Waals surface area contributed by atoms with Gasteiger partial charge in [0.25, 0.3) is 0 Å². The van der Waals surface area contributed by atoms with Gasteiger partial charge >= 0.3 is 0 Å². The van der Waals surface area contributed by atoms with Crippen molar-refractivity contribution in [1.82, 2.24) is 4.90 Å². The molecular weight excluding hydrogens is 243 g/mol. The number of hydrogen-bond acceptors (Lipinski definition) is 3. The van der Waals surface area contributed by atoms with Gasteiger partial charge in [-0.2, -0.15) is 0 Å². The van der Waals surface area contributed by atoms with E-state index in [4.69, 9.17) is 10.5 Å². The number of halogens is 1. The molecule has 0 amide bonds. The highest BCUT2D eigenvalue weighted by Crippen LogP contribution is 2.26. The second kappa shape index (κ2) is 6.87. The molecule has 1 aromatic rings. The largest absolute Gasteiger partial charge is 0.496 e. The smallest absolute Gasteiger partial charge is 0.123 e. The van der Waals surface area contributed by atoms with Crippen LogP contribution < -0.4 is 10.5 Å². The van der Waals surface area contributed by atoms with Crippen molar-refractivity contribution in [3.05, 3.63) is 29.6 Å². The Labute approximate surface area is 114 Å². The minimum absolute atomic E-state index is 0.205. The number of likely N-dealkylation sites (tertiary alicyclic amines) is 1. The topological polar surface area (TPSA) is 38.5 Å². The average molecular weight is 266 g/mol. The van der Waals surface area contributed by atoms with E-state index in [2.05, 4.69) is 4.90 Å². The predicted octanol–water partition coefficient (Wildman–Crippen LogP) is 2.54. The van der Waals surface area contributed by atoms with Gasteiger partial charge in [0, 0.05) is 18.2 Å². The molecule has 1 aliphatic rings. The molecule has 0 bridgehead atoms. The van der Waals surface area contributed by atoms with Crippen LogP contribution in [0.15, 0.2) is 18.2 Å². The Balaban J connectivity index is 2.11. The number of nitrogens with two attached hydrogens (primary N) is 1. The van der Waals surface area contributed by atoms with E-state index in [9.17, 15) is 4.39 Å². The maximum Gasteiger partial charge on any atom is 0.123 e. The van der Waals surface area contributed by atoms with E-state index in [1.165, 1.54) is 25.3 Å². The molecule has 2 N–H and O–H groups in total. The van der Waals surface area contributed by atoms with Gasteiger partial charge in [0.05, 0.1) is 7.11 Å². The lowest BCUT2D eigenvalue weighted by molar-refractivity contribution is 0.132. The molecule has 0 spiro atoms. The summed E-state index contributed by atoms with van der Waals surface area (Å²) < 4.78 is 18.7. The second-order valence-electron chi connectivity index (χ2n) is 5.15. The molecule has 1 atom stereocenters. The summed E-state index contributed by atoms with van der Waals surface area (Å²) in [4.78, 5) is 2.41. The number of methoxy groups -OCH3 is 1. The van der Waals surface area contributed by atoms with Crippen LogP contribution in [0.2, 0.25) is 0 Å². The van der Waals surface area contributed by atoms with Crippen molar-refractivity contribution < 1.29 is 9.13 Å². The standard InChI is InChI=1S/C15H23FN2O/c1-19-15-6-5-13(16)10-12(15)11-18-9-3-2-4-14(18)7-8-17/h5-6,10,14H,2-4,7-9,11,17H2,1H3. The lowest BCUT2D eigenvalue weighted by atomic mass is 9.98. The third-order valence-corrected chi connectivity index (χ3v) is 3.86. The van der Waals surface area contributed by atoms with Crippen LogP contribution in [0.5, 0.6) is 5.75 Å². The second-order valence-corrected chi connectivity index (χ2v) is 5.15. The number of benzene rings is 1. The van der Waals surface area contributed by atoms with E-state index in [1.807, 2.05) is 0 Å². The monoisotopic (exact) mass is 266 g/mol. The zero-order valence-electron chi connectivity index (χ0n) is 11.6. The lowest BCUT2D eigenvalue weighted by Crippen LogP contribution is -2.40.